The molecule has 0 radical (unpaired) electrons. The van der Waals surface area contributed by atoms with E-state index in [4.69, 9.17) is 4.74 Å². The molecule has 0 aliphatic carbocycles. The molecule has 0 aliphatic rings. The van der Waals surface area contributed by atoms with Gasteiger partial charge in [0.2, 0.25) is 0 Å². The fraction of sp³-hybridized carbons (Fsp3) is 0.588. The van der Waals surface area contributed by atoms with Crippen LogP contribution in [0.5, 0.6) is 5.75 Å². The lowest BCUT2D eigenvalue weighted by Crippen LogP contribution is -2.41. The Morgan fingerprint density at radius 3 is 2.68 bits per heavy atom. The van der Waals surface area contributed by atoms with E-state index in [-0.39, 0.29) is 0 Å². The summed E-state index contributed by atoms with van der Waals surface area (Å²) in [5.41, 5.74) is 1.17. The molecule has 0 aromatic heterocycles. The second-order valence-electron chi connectivity index (χ2n) is 5.14. The number of benzene rings is 1. The number of rotatable bonds is 9. The summed E-state index contributed by atoms with van der Waals surface area (Å²) in [7, 11) is 3.48. The summed E-state index contributed by atoms with van der Waals surface area (Å²) >= 11 is 0. The molecule has 2 N–H and O–H groups in total. The van der Waals surface area contributed by atoms with Gasteiger partial charge in [0.25, 0.3) is 0 Å². The fourth-order valence-electron chi connectivity index (χ4n) is 2.27. The third-order valence-electron chi connectivity index (χ3n) is 3.53. The van der Waals surface area contributed by atoms with Crippen molar-refractivity contribution >= 4 is 5.96 Å². The van der Waals surface area contributed by atoms with Crippen molar-refractivity contribution in [2.45, 2.75) is 26.8 Å². The topological polar surface area (TPSA) is 48.9 Å². The Bertz CT molecular complexity index is 448. The van der Waals surface area contributed by atoms with Crippen molar-refractivity contribution in [2.75, 3.05) is 40.3 Å². The van der Waals surface area contributed by atoms with Crippen molar-refractivity contribution in [2.24, 2.45) is 4.99 Å². The lowest BCUT2D eigenvalue weighted by molar-refractivity contribution is 0.293. The van der Waals surface area contributed by atoms with E-state index in [0.717, 1.165) is 44.4 Å². The SMILES string of the molecule is CCCN(CC)CCNC(=NC)NCc1cccc(OC)c1. The zero-order chi connectivity index (χ0) is 16.2. The largest absolute Gasteiger partial charge is 0.497 e. The van der Waals surface area contributed by atoms with Gasteiger partial charge in [0.15, 0.2) is 5.96 Å². The molecule has 0 fully saturated rings. The summed E-state index contributed by atoms with van der Waals surface area (Å²) in [6.45, 7) is 9.30. The minimum absolute atomic E-state index is 0.726. The molecule has 0 unspecified atom stereocenters. The minimum atomic E-state index is 0.726. The zero-order valence-corrected chi connectivity index (χ0v) is 14.4. The zero-order valence-electron chi connectivity index (χ0n) is 14.4. The van der Waals surface area contributed by atoms with E-state index in [9.17, 15) is 0 Å². The smallest absolute Gasteiger partial charge is 0.191 e. The quantitative estimate of drug-likeness (QED) is 0.542. The molecule has 0 atom stereocenters. The first kappa shape index (κ1) is 18.3. The van der Waals surface area contributed by atoms with Gasteiger partial charge in [0.1, 0.15) is 5.75 Å². The van der Waals surface area contributed by atoms with E-state index >= 15 is 0 Å². The van der Waals surface area contributed by atoms with E-state index in [2.05, 4.69) is 40.4 Å². The molecule has 0 aliphatic heterocycles. The maximum Gasteiger partial charge on any atom is 0.191 e. The predicted molar refractivity (Wildman–Crippen MR) is 93.6 cm³/mol. The number of guanidine groups is 1. The van der Waals surface area contributed by atoms with Crippen molar-refractivity contribution < 1.29 is 4.74 Å². The Morgan fingerprint density at radius 2 is 2.05 bits per heavy atom. The standard InChI is InChI=1S/C17H30N4O/c1-5-11-21(6-2)12-10-19-17(18-3)20-14-15-8-7-9-16(13-15)22-4/h7-9,13H,5-6,10-12,14H2,1-4H3,(H2,18,19,20). The van der Waals surface area contributed by atoms with E-state index < -0.39 is 0 Å². The number of likely N-dealkylation sites (N-methyl/N-ethyl adjacent to an activating group) is 1. The maximum atomic E-state index is 5.24. The summed E-state index contributed by atoms with van der Waals surface area (Å²) in [6, 6.07) is 8.04. The van der Waals surface area contributed by atoms with Gasteiger partial charge in [0.05, 0.1) is 7.11 Å². The van der Waals surface area contributed by atoms with E-state index in [0.29, 0.717) is 0 Å². The van der Waals surface area contributed by atoms with Gasteiger partial charge in [-0.1, -0.05) is 26.0 Å². The molecule has 0 amide bonds. The van der Waals surface area contributed by atoms with Crippen LogP contribution in [0, 0.1) is 0 Å². The van der Waals surface area contributed by atoms with Crippen LogP contribution in [0.3, 0.4) is 0 Å². The Hall–Kier alpha value is -1.75. The van der Waals surface area contributed by atoms with Crippen molar-refractivity contribution in [3.05, 3.63) is 29.8 Å². The summed E-state index contributed by atoms with van der Waals surface area (Å²) in [5, 5.41) is 6.68. The Kier molecular flexibility index (Phi) is 9.07. The normalized spacial score (nSPS) is 11.6. The number of nitrogens with one attached hydrogen (secondary N) is 2. The van der Waals surface area contributed by atoms with Gasteiger partial charge in [-0.05, 0) is 37.2 Å². The number of nitrogens with zero attached hydrogens (tertiary/aromatic N) is 2. The average molecular weight is 306 g/mol. The molecular formula is C17H30N4O. The van der Waals surface area contributed by atoms with Crippen molar-refractivity contribution in [1.29, 1.82) is 0 Å². The van der Waals surface area contributed by atoms with Crippen LogP contribution in [0.25, 0.3) is 0 Å². The number of hydrogen-bond donors (Lipinski definition) is 2. The second-order valence-corrected chi connectivity index (χ2v) is 5.14. The molecule has 0 saturated carbocycles. The van der Waals surface area contributed by atoms with E-state index in [1.54, 1.807) is 14.2 Å². The van der Waals surface area contributed by atoms with Crippen molar-refractivity contribution in [3.8, 4) is 5.75 Å². The van der Waals surface area contributed by atoms with Gasteiger partial charge in [-0.2, -0.15) is 0 Å². The molecule has 0 spiro atoms. The molecule has 5 nitrogen and oxygen atoms in total. The van der Waals surface area contributed by atoms with Crippen molar-refractivity contribution in [1.82, 2.24) is 15.5 Å². The minimum Gasteiger partial charge on any atom is -0.497 e. The summed E-state index contributed by atoms with van der Waals surface area (Å²) < 4.78 is 5.24. The Labute approximate surface area is 134 Å². The molecule has 0 bridgehead atoms. The highest BCUT2D eigenvalue weighted by atomic mass is 16.5. The van der Waals surface area contributed by atoms with Crippen LogP contribution in [0.15, 0.2) is 29.3 Å². The Balaban J connectivity index is 2.36. The van der Waals surface area contributed by atoms with E-state index in [1.165, 1.54) is 12.0 Å². The van der Waals surface area contributed by atoms with Crippen LogP contribution in [0.1, 0.15) is 25.8 Å². The van der Waals surface area contributed by atoms with Gasteiger partial charge >= 0.3 is 0 Å². The molecule has 1 aromatic carbocycles. The van der Waals surface area contributed by atoms with Crippen LogP contribution >= 0.6 is 0 Å². The number of methoxy groups -OCH3 is 1. The number of hydrogen-bond acceptors (Lipinski definition) is 3. The number of aliphatic imine (C=N–C) groups is 1. The lowest BCUT2D eigenvalue weighted by Gasteiger charge is -2.20. The van der Waals surface area contributed by atoms with Gasteiger partial charge in [0, 0.05) is 26.7 Å². The first-order chi connectivity index (χ1) is 10.7. The van der Waals surface area contributed by atoms with Gasteiger partial charge in [-0.15, -0.1) is 0 Å². The summed E-state index contributed by atoms with van der Waals surface area (Å²) in [4.78, 5) is 6.69. The van der Waals surface area contributed by atoms with Crippen molar-refractivity contribution in [3.63, 3.8) is 0 Å². The highest BCUT2D eigenvalue weighted by Crippen LogP contribution is 2.11. The number of ether oxygens (including phenoxy) is 1. The highest BCUT2D eigenvalue weighted by molar-refractivity contribution is 5.79. The molecule has 22 heavy (non-hydrogen) atoms. The van der Waals surface area contributed by atoms with Crippen LogP contribution in [0.2, 0.25) is 0 Å². The van der Waals surface area contributed by atoms with Gasteiger partial charge in [-0.3, -0.25) is 4.99 Å². The van der Waals surface area contributed by atoms with Crippen LogP contribution in [-0.4, -0.2) is 51.2 Å². The molecule has 5 heteroatoms. The highest BCUT2D eigenvalue weighted by Gasteiger charge is 2.02. The van der Waals surface area contributed by atoms with E-state index in [1.807, 2.05) is 18.2 Å². The third kappa shape index (κ3) is 6.80. The van der Waals surface area contributed by atoms with Gasteiger partial charge < -0.3 is 20.3 Å². The molecule has 1 rings (SSSR count). The lowest BCUT2D eigenvalue weighted by atomic mass is 10.2. The third-order valence-corrected chi connectivity index (χ3v) is 3.53. The first-order valence-corrected chi connectivity index (χ1v) is 8.03. The van der Waals surface area contributed by atoms with Crippen LogP contribution in [-0.2, 0) is 6.54 Å². The predicted octanol–water partition coefficient (Wildman–Crippen LogP) is 2.09. The fourth-order valence-corrected chi connectivity index (χ4v) is 2.27. The average Bonchev–Trinajstić information content (AvgIpc) is 2.57. The molecule has 0 heterocycles. The van der Waals surface area contributed by atoms with Crippen LogP contribution < -0.4 is 15.4 Å². The van der Waals surface area contributed by atoms with Crippen LogP contribution in [0.4, 0.5) is 0 Å². The summed E-state index contributed by atoms with van der Waals surface area (Å²) in [5.74, 6) is 1.70. The molecule has 1 aromatic rings. The second kappa shape index (κ2) is 10.9. The molecule has 0 saturated heterocycles. The molecule has 124 valence electrons. The van der Waals surface area contributed by atoms with Gasteiger partial charge in [-0.25, -0.2) is 0 Å². The first-order valence-electron chi connectivity index (χ1n) is 8.03. The monoisotopic (exact) mass is 306 g/mol. The molecular weight excluding hydrogens is 276 g/mol. The maximum absolute atomic E-state index is 5.24. The Morgan fingerprint density at radius 1 is 1.23 bits per heavy atom. The summed E-state index contributed by atoms with van der Waals surface area (Å²) in [6.07, 6.45) is 1.19.